The molecule has 1 aromatic carbocycles. The van der Waals surface area contributed by atoms with E-state index < -0.39 is 5.41 Å². The van der Waals surface area contributed by atoms with Crippen molar-refractivity contribution >= 4 is 5.91 Å². The van der Waals surface area contributed by atoms with E-state index in [9.17, 15) is 4.79 Å². The molecule has 0 fully saturated rings. The maximum atomic E-state index is 11.9. The fourth-order valence-corrected chi connectivity index (χ4v) is 1.46. The second kappa shape index (κ2) is 7.01. The van der Waals surface area contributed by atoms with Crippen molar-refractivity contribution in [3.8, 4) is 5.75 Å². The van der Waals surface area contributed by atoms with Crippen LogP contribution in [0.25, 0.3) is 0 Å². The SMILES string of the molecule is CCC(C)(CN)C(=O)NCCOc1ccccc1. The van der Waals surface area contributed by atoms with Crippen LogP contribution < -0.4 is 15.8 Å². The van der Waals surface area contributed by atoms with E-state index in [1.54, 1.807) is 0 Å². The minimum atomic E-state index is -0.479. The summed E-state index contributed by atoms with van der Waals surface area (Å²) in [6, 6.07) is 9.53. The third kappa shape index (κ3) is 4.04. The molecular formula is C14H22N2O2. The Morgan fingerprint density at radius 1 is 1.39 bits per heavy atom. The summed E-state index contributed by atoms with van der Waals surface area (Å²) >= 11 is 0. The highest BCUT2D eigenvalue weighted by molar-refractivity contribution is 5.82. The Bertz CT molecular complexity index is 361. The highest BCUT2D eigenvalue weighted by Crippen LogP contribution is 2.18. The van der Waals surface area contributed by atoms with Crippen molar-refractivity contribution in [1.82, 2.24) is 5.32 Å². The van der Waals surface area contributed by atoms with Crippen LogP contribution in [0, 0.1) is 5.41 Å². The van der Waals surface area contributed by atoms with Gasteiger partial charge in [0, 0.05) is 6.54 Å². The molecule has 1 unspecified atom stereocenters. The van der Waals surface area contributed by atoms with E-state index >= 15 is 0 Å². The normalized spacial score (nSPS) is 13.7. The largest absolute Gasteiger partial charge is 0.492 e. The number of nitrogens with two attached hydrogens (primary N) is 1. The van der Waals surface area contributed by atoms with Crippen LogP contribution in [0.3, 0.4) is 0 Å². The molecule has 1 atom stereocenters. The Hall–Kier alpha value is -1.55. The minimum absolute atomic E-state index is 0.0100. The number of amides is 1. The van der Waals surface area contributed by atoms with Crippen molar-refractivity contribution in [2.45, 2.75) is 20.3 Å². The van der Waals surface area contributed by atoms with Gasteiger partial charge in [0.25, 0.3) is 0 Å². The van der Waals surface area contributed by atoms with Gasteiger partial charge in [-0.15, -0.1) is 0 Å². The predicted octanol–water partition coefficient (Wildman–Crippen LogP) is 1.56. The molecule has 1 rings (SSSR count). The number of carbonyl (C=O) groups is 1. The maximum absolute atomic E-state index is 11.9. The molecule has 1 amide bonds. The summed E-state index contributed by atoms with van der Waals surface area (Å²) in [6.45, 7) is 5.14. The summed E-state index contributed by atoms with van der Waals surface area (Å²) in [5, 5.41) is 2.85. The zero-order chi connectivity index (χ0) is 13.4. The van der Waals surface area contributed by atoms with Crippen LogP contribution in [0.4, 0.5) is 0 Å². The van der Waals surface area contributed by atoms with Gasteiger partial charge in [0.05, 0.1) is 12.0 Å². The number of nitrogens with one attached hydrogen (secondary N) is 1. The van der Waals surface area contributed by atoms with E-state index in [-0.39, 0.29) is 5.91 Å². The molecule has 0 radical (unpaired) electrons. The average Bonchev–Trinajstić information content (AvgIpc) is 2.43. The number of rotatable bonds is 7. The molecule has 0 saturated carbocycles. The van der Waals surface area contributed by atoms with Crippen molar-refractivity contribution in [3.05, 3.63) is 30.3 Å². The van der Waals surface area contributed by atoms with Crippen LogP contribution in [0.15, 0.2) is 30.3 Å². The monoisotopic (exact) mass is 250 g/mol. The van der Waals surface area contributed by atoms with Crippen molar-refractivity contribution < 1.29 is 9.53 Å². The topological polar surface area (TPSA) is 64.4 Å². The van der Waals surface area contributed by atoms with Gasteiger partial charge in [-0.25, -0.2) is 0 Å². The molecule has 0 bridgehead atoms. The molecule has 4 nitrogen and oxygen atoms in total. The molecule has 0 aliphatic carbocycles. The first-order chi connectivity index (χ1) is 8.62. The summed E-state index contributed by atoms with van der Waals surface area (Å²) in [6.07, 6.45) is 0.731. The van der Waals surface area contributed by atoms with Crippen LogP contribution in [0.1, 0.15) is 20.3 Å². The number of para-hydroxylation sites is 1. The van der Waals surface area contributed by atoms with Gasteiger partial charge >= 0.3 is 0 Å². The summed E-state index contributed by atoms with van der Waals surface area (Å²) < 4.78 is 5.49. The molecule has 0 aliphatic heterocycles. The molecular weight excluding hydrogens is 228 g/mol. The fraction of sp³-hybridized carbons (Fsp3) is 0.500. The lowest BCUT2D eigenvalue weighted by Crippen LogP contribution is -2.44. The molecule has 0 heterocycles. The molecule has 0 aromatic heterocycles. The number of benzene rings is 1. The van der Waals surface area contributed by atoms with Crippen LogP contribution in [-0.4, -0.2) is 25.6 Å². The van der Waals surface area contributed by atoms with Gasteiger partial charge in [-0.1, -0.05) is 25.1 Å². The van der Waals surface area contributed by atoms with Crippen LogP contribution in [-0.2, 0) is 4.79 Å². The van der Waals surface area contributed by atoms with E-state index in [1.165, 1.54) is 0 Å². The minimum Gasteiger partial charge on any atom is -0.492 e. The van der Waals surface area contributed by atoms with Gasteiger partial charge in [0.15, 0.2) is 0 Å². The summed E-state index contributed by atoms with van der Waals surface area (Å²) in [7, 11) is 0. The molecule has 4 heteroatoms. The molecule has 1 aromatic rings. The van der Waals surface area contributed by atoms with Gasteiger partial charge in [-0.3, -0.25) is 4.79 Å². The second-order valence-corrected chi connectivity index (χ2v) is 4.54. The number of ether oxygens (including phenoxy) is 1. The zero-order valence-corrected chi connectivity index (χ0v) is 11.1. The quantitative estimate of drug-likeness (QED) is 0.722. The molecule has 18 heavy (non-hydrogen) atoms. The third-order valence-electron chi connectivity index (χ3n) is 3.18. The highest BCUT2D eigenvalue weighted by Gasteiger charge is 2.28. The van der Waals surface area contributed by atoms with Gasteiger partial charge < -0.3 is 15.8 Å². The van der Waals surface area contributed by atoms with E-state index in [0.717, 1.165) is 12.2 Å². The smallest absolute Gasteiger partial charge is 0.227 e. The van der Waals surface area contributed by atoms with Crippen molar-refractivity contribution in [3.63, 3.8) is 0 Å². The van der Waals surface area contributed by atoms with Crippen LogP contribution in [0.2, 0.25) is 0 Å². The number of hydrogen-bond acceptors (Lipinski definition) is 3. The lowest BCUT2D eigenvalue weighted by Gasteiger charge is -2.24. The summed E-state index contributed by atoms with van der Waals surface area (Å²) in [5.74, 6) is 0.799. The average molecular weight is 250 g/mol. The summed E-state index contributed by atoms with van der Waals surface area (Å²) in [4.78, 5) is 11.9. The summed E-state index contributed by atoms with van der Waals surface area (Å²) in [5.41, 5.74) is 5.14. The van der Waals surface area contributed by atoms with Crippen molar-refractivity contribution in [2.75, 3.05) is 19.7 Å². The van der Waals surface area contributed by atoms with E-state index in [0.29, 0.717) is 19.7 Å². The number of carbonyl (C=O) groups excluding carboxylic acids is 1. The third-order valence-corrected chi connectivity index (χ3v) is 3.18. The first kappa shape index (κ1) is 14.5. The maximum Gasteiger partial charge on any atom is 0.227 e. The second-order valence-electron chi connectivity index (χ2n) is 4.54. The van der Waals surface area contributed by atoms with Gasteiger partial charge in [0.2, 0.25) is 5.91 Å². The Morgan fingerprint density at radius 3 is 2.61 bits per heavy atom. The Balaban J connectivity index is 2.28. The van der Waals surface area contributed by atoms with Gasteiger partial charge in [-0.2, -0.15) is 0 Å². The molecule has 0 spiro atoms. The van der Waals surface area contributed by atoms with E-state index in [4.69, 9.17) is 10.5 Å². The highest BCUT2D eigenvalue weighted by atomic mass is 16.5. The first-order valence-corrected chi connectivity index (χ1v) is 6.28. The lowest BCUT2D eigenvalue weighted by atomic mass is 9.87. The molecule has 0 aliphatic rings. The lowest BCUT2D eigenvalue weighted by molar-refractivity contribution is -0.130. The Morgan fingerprint density at radius 2 is 2.06 bits per heavy atom. The molecule has 0 saturated heterocycles. The molecule has 100 valence electrons. The van der Waals surface area contributed by atoms with Crippen molar-refractivity contribution in [2.24, 2.45) is 11.1 Å². The van der Waals surface area contributed by atoms with Gasteiger partial charge in [0.1, 0.15) is 12.4 Å². The predicted molar refractivity (Wildman–Crippen MR) is 72.4 cm³/mol. The Kier molecular flexibility index (Phi) is 5.65. The van der Waals surface area contributed by atoms with E-state index in [1.807, 2.05) is 44.2 Å². The van der Waals surface area contributed by atoms with Crippen molar-refractivity contribution in [1.29, 1.82) is 0 Å². The zero-order valence-electron chi connectivity index (χ0n) is 11.1. The van der Waals surface area contributed by atoms with Crippen LogP contribution >= 0.6 is 0 Å². The Labute approximate surface area is 109 Å². The number of hydrogen-bond donors (Lipinski definition) is 2. The van der Waals surface area contributed by atoms with E-state index in [2.05, 4.69) is 5.32 Å². The standard InChI is InChI=1S/C14H22N2O2/c1-3-14(2,11-15)13(17)16-9-10-18-12-7-5-4-6-8-12/h4-8H,3,9-11,15H2,1-2H3,(H,16,17). The fourth-order valence-electron chi connectivity index (χ4n) is 1.46. The van der Waals surface area contributed by atoms with Gasteiger partial charge in [-0.05, 0) is 25.5 Å². The van der Waals surface area contributed by atoms with Crippen LogP contribution in [0.5, 0.6) is 5.75 Å². The molecule has 3 N–H and O–H groups in total. The first-order valence-electron chi connectivity index (χ1n) is 6.28.